The van der Waals surface area contributed by atoms with Gasteiger partial charge in [-0.1, -0.05) is 20.8 Å². The Morgan fingerprint density at radius 2 is 2.11 bits per heavy atom. The van der Waals surface area contributed by atoms with Gasteiger partial charge in [0.25, 0.3) is 0 Å². The highest BCUT2D eigenvalue weighted by Crippen LogP contribution is 2.37. The molecule has 0 bridgehead atoms. The molecular weight excluding hydrogens is 236 g/mol. The molecule has 0 aliphatic carbocycles. The first-order chi connectivity index (χ1) is 9.23. The normalized spacial score (nSPS) is 19.1. The first kappa shape index (κ1) is 14.6. The molecule has 2 heterocycles. The highest BCUT2D eigenvalue weighted by molar-refractivity contribution is 5.17. The molecule has 1 aliphatic rings. The first-order valence-electron chi connectivity index (χ1n) is 7.71. The van der Waals surface area contributed by atoms with Crippen LogP contribution in [0.15, 0.2) is 16.7 Å². The Kier molecular flexibility index (Phi) is 5.06. The Bertz CT molecular complexity index is 382. The zero-order valence-corrected chi connectivity index (χ0v) is 12.7. The number of furan rings is 1. The predicted octanol–water partition coefficient (Wildman–Crippen LogP) is 3.40. The second-order valence-electron chi connectivity index (χ2n) is 5.82. The molecule has 0 aromatic carbocycles. The van der Waals surface area contributed by atoms with Crippen molar-refractivity contribution in [1.82, 2.24) is 10.2 Å². The molecule has 1 aromatic rings. The summed E-state index contributed by atoms with van der Waals surface area (Å²) in [6.07, 6.45) is 5.75. The van der Waals surface area contributed by atoms with E-state index >= 15 is 0 Å². The second-order valence-corrected chi connectivity index (χ2v) is 5.82. The van der Waals surface area contributed by atoms with Crippen molar-refractivity contribution in [1.29, 1.82) is 0 Å². The molecule has 3 heteroatoms. The molecule has 1 aromatic heterocycles. The molecule has 0 atom stereocenters. The van der Waals surface area contributed by atoms with Gasteiger partial charge in [-0.25, -0.2) is 0 Å². The fourth-order valence-electron chi connectivity index (χ4n) is 3.12. The Labute approximate surface area is 117 Å². The zero-order valence-electron chi connectivity index (χ0n) is 12.7. The second kappa shape index (κ2) is 6.58. The molecule has 1 saturated heterocycles. The van der Waals surface area contributed by atoms with E-state index in [0.29, 0.717) is 5.41 Å². The van der Waals surface area contributed by atoms with Crippen molar-refractivity contribution in [3.63, 3.8) is 0 Å². The third-order valence-corrected chi connectivity index (χ3v) is 4.79. The Morgan fingerprint density at radius 3 is 2.74 bits per heavy atom. The van der Waals surface area contributed by atoms with Crippen molar-refractivity contribution < 1.29 is 4.42 Å². The third kappa shape index (κ3) is 3.40. The van der Waals surface area contributed by atoms with Gasteiger partial charge in [-0.2, -0.15) is 0 Å². The van der Waals surface area contributed by atoms with Crippen LogP contribution in [0.3, 0.4) is 0 Å². The lowest BCUT2D eigenvalue weighted by molar-refractivity contribution is 0.225. The van der Waals surface area contributed by atoms with E-state index in [9.17, 15) is 0 Å². The number of hydrogen-bond donors (Lipinski definition) is 1. The topological polar surface area (TPSA) is 28.4 Å². The van der Waals surface area contributed by atoms with Crippen LogP contribution in [-0.2, 0) is 13.1 Å². The van der Waals surface area contributed by atoms with Crippen LogP contribution in [0.2, 0.25) is 0 Å². The Hall–Kier alpha value is -0.800. The molecule has 0 radical (unpaired) electrons. The Morgan fingerprint density at radius 1 is 1.32 bits per heavy atom. The van der Waals surface area contributed by atoms with Gasteiger partial charge in [-0.3, -0.25) is 4.90 Å². The quantitative estimate of drug-likeness (QED) is 0.818. The minimum Gasteiger partial charge on any atom is -0.468 e. The van der Waals surface area contributed by atoms with E-state index in [0.717, 1.165) is 25.4 Å². The van der Waals surface area contributed by atoms with Gasteiger partial charge in [-0.05, 0) is 43.8 Å². The summed E-state index contributed by atoms with van der Waals surface area (Å²) in [6.45, 7) is 12.1. The maximum atomic E-state index is 5.68. The molecule has 1 aliphatic heterocycles. The maximum absolute atomic E-state index is 5.68. The van der Waals surface area contributed by atoms with Gasteiger partial charge in [0.15, 0.2) is 0 Å². The first-order valence-corrected chi connectivity index (χ1v) is 7.71. The molecule has 0 spiro atoms. The lowest BCUT2D eigenvalue weighted by Crippen LogP contribution is -2.26. The zero-order chi connectivity index (χ0) is 13.7. The maximum Gasteiger partial charge on any atom is 0.122 e. The van der Waals surface area contributed by atoms with E-state index in [2.05, 4.69) is 37.1 Å². The standard InChI is InChI=1S/C16H28N2O/c1-4-16(5-2)8-9-18(13-16)12-15-14(7-10-19-15)11-17-6-3/h7,10,17H,4-6,8-9,11-13H2,1-3H3. The van der Waals surface area contributed by atoms with Crippen LogP contribution in [-0.4, -0.2) is 24.5 Å². The van der Waals surface area contributed by atoms with Crippen LogP contribution in [0.4, 0.5) is 0 Å². The van der Waals surface area contributed by atoms with E-state index in [-0.39, 0.29) is 0 Å². The molecule has 3 nitrogen and oxygen atoms in total. The van der Waals surface area contributed by atoms with Gasteiger partial charge in [0.1, 0.15) is 5.76 Å². The van der Waals surface area contributed by atoms with Crippen molar-refractivity contribution in [2.24, 2.45) is 5.41 Å². The van der Waals surface area contributed by atoms with Gasteiger partial charge in [0, 0.05) is 18.7 Å². The van der Waals surface area contributed by atoms with Crippen molar-refractivity contribution in [3.05, 3.63) is 23.7 Å². The number of likely N-dealkylation sites (tertiary alicyclic amines) is 1. The van der Waals surface area contributed by atoms with Crippen molar-refractivity contribution in [3.8, 4) is 0 Å². The molecule has 2 rings (SSSR count). The monoisotopic (exact) mass is 264 g/mol. The van der Waals surface area contributed by atoms with Crippen LogP contribution < -0.4 is 5.32 Å². The SMILES string of the molecule is CCNCc1ccoc1CN1CCC(CC)(CC)C1. The number of nitrogens with one attached hydrogen (secondary N) is 1. The summed E-state index contributed by atoms with van der Waals surface area (Å²) >= 11 is 0. The summed E-state index contributed by atoms with van der Waals surface area (Å²) < 4.78 is 5.68. The summed E-state index contributed by atoms with van der Waals surface area (Å²) in [6, 6.07) is 2.10. The molecule has 1 fully saturated rings. The lowest BCUT2D eigenvalue weighted by atomic mass is 9.82. The van der Waals surface area contributed by atoms with Gasteiger partial charge >= 0.3 is 0 Å². The average Bonchev–Trinajstić information content (AvgIpc) is 3.04. The summed E-state index contributed by atoms with van der Waals surface area (Å²) in [7, 11) is 0. The van der Waals surface area contributed by atoms with Crippen LogP contribution in [0.5, 0.6) is 0 Å². The van der Waals surface area contributed by atoms with Crippen LogP contribution in [0.25, 0.3) is 0 Å². The summed E-state index contributed by atoms with van der Waals surface area (Å²) in [5, 5.41) is 3.38. The van der Waals surface area contributed by atoms with E-state index < -0.39 is 0 Å². The lowest BCUT2D eigenvalue weighted by Gasteiger charge is -2.26. The van der Waals surface area contributed by atoms with Crippen molar-refractivity contribution in [2.45, 2.75) is 53.1 Å². The Balaban J connectivity index is 1.94. The number of nitrogens with zero attached hydrogens (tertiary/aromatic N) is 1. The molecule has 1 N–H and O–H groups in total. The van der Waals surface area contributed by atoms with Gasteiger partial charge < -0.3 is 9.73 Å². The predicted molar refractivity (Wildman–Crippen MR) is 79.0 cm³/mol. The third-order valence-electron chi connectivity index (χ3n) is 4.79. The van der Waals surface area contributed by atoms with Crippen molar-refractivity contribution >= 4 is 0 Å². The number of hydrogen-bond acceptors (Lipinski definition) is 3. The van der Waals surface area contributed by atoms with Crippen LogP contribution >= 0.6 is 0 Å². The van der Waals surface area contributed by atoms with E-state index in [1.165, 1.54) is 37.9 Å². The fraction of sp³-hybridized carbons (Fsp3) is 0.750. The minimum absolute atomic E-state index is 0.550. The highest BCUT2D eigenvalue weighted by atomic mass is 16.3. The minimum atomic E-state index is 0.550. The summed E-state index contributed by atoms with van der Waals surface area (Å²) in [5.41, 5.74) is 1.86. The molecule has 108 valence electrons. The van der Waals surface area contributed by atoms with Crippen LogP contribution in [0.1, 0.15) is 51.4 Å². The van der Waals surface area contributed by atoms with E-state index in [4.69, 9.17) is 4.42 Å². The van der Waals surface area contributed by atoms with Crippen LogP contribution in [0, 0.1) is 5.41 Å². The smallest absolute Gasteiger partial charge is 0.122 e. The summed E-state index contributed by atoms with van der Waals surface area (Å²) in [5.74, 6) is 1.14. The molecule has 0 saturated carbocycles. The van der Waals surface area contributed by atoms with E-state index in [1.54, 1.807) is 0 Å². The molecule has 0 amide bonds. The van der Waals surface area contributed by atoms with Gasteiger partial charge in [-0.15, -0.1) is 0 Å². The number of rotatable bonds is 7. The van der Waals surface area contributed by atoms with Gasteiger partial charge in [0.05, 0.1) is 12.8 Å². The van der Waals surface area contributed by atoms with Crippen molar-refractivity contribution in [2.75, 3.05) is 19.6 Å². The van der Waals surface area contributed by atoms with E-state index in [1.807, 2.05) is 6.26 Å². The largest absolute Gasteiger partial charge is 0.468 e. The average molecular weight is 264 g/mol. The molecular formula is C16H28N2O. The van der Waals surface area contributed by atoms with Gasteiger partial charge in [0.2, 0.25) is 0 Å². The summed E-state index contributed by atoms with van der Waals surface area (Å²) in [4.78, 5) is 2.56. The fourth-order valence-corrected chi connectivity index (χ4v) is 3.12. The molecule has 0 unspecified atom stereocenters. The molecule has 19 heavy (non-hydrogen) atoms. The highest BCUT2D eigenvalue weighted by Gasteiger charge is 2.35.